The monoisotopic (exact) mass is 267 g/mol. The molecule has 1 atom stereocenters. The van der Waals surface area contributed by atoms with Crippen LogP contribution in [-0.2, 0) is 0 Å². The van der Waals surface area contributed by atoms with E-state index in [-0.39, 0.29) is 0 Å². The SMILES string of the molecule is CNC(C)c1cccc(-c2cccc3ccsc23)c1. The van der Waals surface area contributed by atoms with Crippen molar-refractivity contribution in [2.24, 2.45) is 0 Å². The third-order valence-corrected chi connectivity index (χ3v) is 4.57. The third kappa shape index (κ3) is 2.29. The van der Waals surface area contributed by atoms with E-state index in [2.05, 4.69) is 66.2 Å². The molecule has 1 nitrogen and oxygen atoms in total. The Morgan fingerprint density at radius 1 is 1.05 bits per heavy atom. The van der Waals surface area contributed by atoms with Gasteiger partial charge in [-0.3, -0.25) is 0 Å². The van der Waals surface area contributed by atoms with Crippen LogP contribution in [0.25, 0.3) is 21.2 Å². The van der Waals surface area contributed by atoms with E-state index in [1.807, 2.05) is 18.4 Å². The number of thiophene rings is 1. The zero-order valence-corrected chi connectivity index (χ0v) is 12.0. The standard InChI is InChI=1S/C17H17NS/c1-12(18-2)14-6-3-7-15(11-14)16-8-4-5-13-9-10-19-17(13)16/h3-12,18H,1-2H3. The first-order valence-electron chi connectivity index (χ1n) is 6.53. The number of nitrogens with one attached hydrogen (secondary N) is 1. The van der Waals surface area contributed by atoms with E-state index in [0.29, 0.717) is 6.04 Å². The molecule has 1 unspecified atom stereocenters. The van der Waals surface area contributed by atoms with Gasteiger partial charge < -0.3 is 5.32 Å². The van der Waals surface area contributed by atoms with Gasteiger partial charge in [-0.2, -0.15) is 0 Å². The van der Waals surface area contributed by atoms with Crippen molar-refractivity contribution < 1.29 is 0 Å². The number of hydrogen-bond donors (Lipinski definition) is 1. The molecule has 0 fully saturated rings. The van der Waals surface area contributed by atoms with Crippen molar-refractivity contribution in [2.75, 3.05) is 7.05 Å². The summed E-state index contributed by atoms with van der Waals surface area (Å²) in [5.41, 5.74) is 3.96. The van der Waals surface area contributed by atoms with Gasteiger partial charge in [0.1, 0.15) is 0 Å². The van der Waals surface area contributed by atoms with Crippen molar-refractivity contribution in [1.29, 1.82) is 0 Å². The lowest BCUT2D eigenvalue weighted by Gasteiger charge is -2.12. The van der Waals surface area contributed by atoms with Gasteiger partial charge in [-0.1, -0.05) is 36.4 Å². The minimum atomic E-state index is 0.377. The maximum atomic E-state index is 3.29. The Bertz CT molecular complexity index is 699. The summed E-state index contributed by atoms with van der Waals surface area (Å²) in [7, 11) is 2.00. The van der Waals surface area contributed by atoms with E-state index in [9.17, 15) is 0 Å². The predicted octanol–water partition coefficient (Wildman–Crippen LogP) is 4.85. The molecule has 0 saturated heterocycles. The van der Waals surface area contributed by atoms with Crippen LogP contribution in [0.5, 0.6) is 0 Å². The average Bonchev–Trinajstić information content (AvgIpc) is 2.94. The second-order valence-corrected chi connectivity index (χ2v) is 5.70. The van der Waals surface area contributed by atoms with Crippen molar-refractivity contribution >= 4 is 21.4 Å². The zero-order valence-electron chi connectivity index (χ0n) is 11.2. The predicted molar refractivity (Wildman–Crippen MR) is 84.7 cm³/mol. The van der Waals surface area contributed by atoms with Crippen LogP contribution in [0, 0.1) is 0 Å². The molecule has 3 aromatic rings. The maximum Gasteiger partial charge on any atom is 0.0421 e. The highest BCUT2D eigenvalue weighted by molar-refractivity contribution is 7.17. The summed E-state index contributed by atoms with van der Waals surface area (Å²) < 4.78 is 1.37. The second-order valence-electron chi connectivity index (χ2n) is 4.78. The fraction of sp³-hybridized carbons (Fsp3) is 0.176. The molecular weight excluding hydrogens is 250 g/mol. The molecule has 1 heterocycles. The highest BCUT2D eigenvalue weighted by atomic mass is 32.1. The van der Waals surface area contributed by atoms with Crippen LogP contribution in [0.3, 0.4) is 0 Å². The Morgan fingerprint density at radius 3 is 2.74 bits per heavy atom. The van der Waals surface area contributed by atoms with Gasteiger partial charge in [-0.05, 0) is 53.6 Å². The van der Waals surface area contributed by atoms with Gasteiger partial charge in [0.2, 0.25) is 0 Å². The van der Waals surface area contributed by atoms with Crippen LogP contribution < -0.4 is 5.32 Å². The van der Waals surface area contributed by atoms with Crippen LogP contribution >= 0.6 is 11.3 Å². The van der Waals surface area contributed by atoms with E-state index in [1.165, 1.54) is 26.8 Å². The smallest absolute Gasteiger partial charge is 0.0421 e. The Labute approximate surface area is 117 Å². The summed E-state index contributed by atoms with van der Waals surface area (Å²) in [5.74, 6) is 0. The summed E-state index contributed by atoms with van der Waals surface area (Å²) in [6.45, 7) is 2.19. The molecule has 2 heteroatoms. The van der Waals surface area contributed by atoms with Gasteiger partial charge in [-0.15, -0.1) is 11.3 Å². The number of rotatable bonds is 3. The van der Waals surface area contributed by atoms with Crippen molar-refractivity contribution in [3.8, 4) is 11.1 Å². The molecule has 0 spiro atoms. The van der Waals surface area contributed by atoms with Gasteiger partial charge in [0.05, 0.1) is 0 Å². The Balaban J connectivity index is 2.14. The van der Waals surface area contributed by atoms with Crippen molar-refractivity contribution in [3.63, 3.8) is 0 Å². The zero-order chi connectivity index (χ0) is 13.2. The lowest BCUT2D eigenvalue weighted by atomic mass is 9.99. The summed E-state index contributed by atoms with van der Waals surface area (Å²) in [6, 6.07) is 17.9. The normalized spacial score (nSPS) is 12.7. The molecule has 0 aliphatic rings. The summed E-state index contributed by atoms with van der Waals surface area (Å²) >= 11 is 1.81. The Hall–Kier alpha value is -1.64. The summed E-state index contributed by atoms with van der Waals surface area (Å²) in [5, 5.41) is 6.78. The van der Waals surface area contributed by atoms with Crippen LogP contribution in [0.15, 0.2) is 53.9 Å². The molecular formula is C17H17NS. The lowest BCUT2D eigenvalue weighted by molar-refractivity contribution is 0.652. The first kappa shape index (κ1) is 12.4. The molecule has 19 heavy (non-hydrogen) atoms. The average molecular weight is 267 g/mol. The van der Waals surface area contributed by atoms with Crippen LogP contribution in [0.4, 0.5) is 0 Å². The molecule has 96 valence electrons. The molecule has 0 saturated carbocycles. The minimum absolute atomic E-state index is 0.377. The molecule has 1 aromatic heterocycles. The number of hydrogen-bond acceptors (Lipinski definition) is 2. The van der Waals surface area contributed by atoms with Crippen LogP contribution in [-0.4, -0.2) is 7.05 Å². The molecule has 0 aliphatic carbocycles. The minimum Gasteiger partial charge on any atom is -0.313 e. The van der Waals surface area contributed by atoms with Crippen molar-refractivity contribution in [1.82, 2.24) is 5.32 Å². The largest absolute Gasteiger partial charge is 0.313 e. The first-order valence-corrected chi connectivity index (χ1v) is 7.41. The first-order chi connectivity index (χ1) is 9.29. The second kappa shape index (κ2) is 5.16. The molecule has 0 aliphatic heterocycles. The number of fused-ring (bicyclic) bond motifs is 1. The van der Waals surface area contributed by atoms with Crippen molar-refractivity contribution in [3.05, 3.63) is 59.5 Å². The van der Waals surface area contributed by atoms with Gasteiger partial charge in [-0.25, -0.2) is 0 Å². The lowest BCUT2D eigenvalue weighted by Crippen LogP contribution is -2.12. The molecule has 2 aromatic carbocycles. The third-order valence-electron chi connectivity index (χ3n) is 3.61. The van der Waals surface area contributed by atoms with E-state index >= 15 is 0 Å². The van der Waals surface area contributed by atoms with E-state index in [0.717, 1.165) is 0 Å². The van der Waals surface area contributed by atoms with Crippen LogP contribution in [0.2, 0.25) is 0 Å². The van der Waals surface area contributed by atoms with E-state index in [4.69, 9.17) is 0 Å². The van der Waals surface area contributed by atoms with E-state index in [1.54, 1.807) is 0 Å². The summed E-state index contributed by atoms with van der Waals surface area (Å²) in [4.78, 5) is 0. The van der Waals surface area contributed by atoms with Crippen LogP contribution in [0.1, 0.15) is 18.5 Å². The van der Waals surface area contributed by atoms with Gasteiger partial charge >= 0.3 is 0 Å². The van der Waals surface area contributed by atoms with Crippen molar-refractivity contribution in [2.45, 2.75) is 13.0 Å². The quantitative estimate of drug-likeness (QED) is 0.715. The maximum absolute atomic E-state index is 3.29. The Morgan fingerprint density at radius 2 is 1.89 bits per heavy atom. The highest BCUT2D eigenvalue weighted by Gasteiger charge is 2.07. The topological polar surface area (TPSA) is 12.0 Å². The fourth-order valence-corrected chi connectivity index (χ4v) is 3.30. The summed E-state index contributed by atoms with van der Waals surface area (Å²) in [6.07, 6.45) is 0. The van der Waals surface area contributed by atoms with Gasteiger partial charge in [0.15, 0.2) is 0 Å². The van der Waals surface area contributed by atoms with E-state index < -0.39 is 0 Å². The fourth-order valence-electron chi connectivity index (χ4n) is 2.36. The molecule has 0 bridgehead atoms. The number of benzene rings is 2. The Kier molecular flexibility index (Phi) is 3.36. The molecule has 0 amide bonds. The van der Waals surface area contributed by atoms with Gasteiger partial charge in [0, 0.05) is 10.7 Å². The van der Waals surface area contributed by atoms with Gasteiger partial charge in [0.25, 0.3) is 0 Å². The molecule has 3 rings (SSSR count). The molecule has 1 N–H and O–H groups in total. The molecule has 0 radical (unpaired) electrons. The highest BCUT2D eigenvalue weighted by Crippen LogP contribution is 2.33.